The van der Waals surface area contributed by atoms with Crippen LogP contribution in [0.2, 0.25) is 0 Å². The number of likely N-dealkylation sites (tertiary alicyclic amines) is 2. The molecule has 0 spiro atoms. The number of hydrogen-bond donors (Lipinski definition) is 2. The Morgan fingerprint density at radius 2 is 1.68 bits per heavy atom. The lowest BCUT2D eigenvalue weighted by Crippen LogP contribution is -2.51. The van der Waals surface area contributed by atoms with Crippen LogP contribution in [0.3, 0.4) is 0 Å². The van der Waals surface area contributed by atoms with Gasteiger partial charge in [-0.1, -0.05) is 43.2 Å². The summed E-state index contributed by atoms with van der Waals surface area (Å²) in [5.74, 6) is 0.243. The molecule has 2 saturated heterocycles. The highest BCUT2D eigenvalue weighted by Gasteiger charge is 2.38. The number of carbonyl (C=O) groups excluding carboxylic acids is 2. The highest BCUT2D eigenvalue weighted by Crippen LogP contribution is 2.29. The second kappa shape index (κ2) is 8.52. The number of nitrogens with one attached hydrogen (secondary N) is 1. The van der Waals surface area contributed by atoms with Gasteiger partial charge in [0.1, 0.15) is 0 Å². The van der Waals surface area contributed by atoms with Crippen LogP contribution in [0.5, 0.6) is 0 Å². The molecule has 3 amide bonds. The molecule has 0 radical (unpaired) electrons. The van der Waals surface area contributed by atoms with Crippen LogP contribution in [0.15, 0.2) is 30.3 Å². The molecule has 1 saturated carbocycles. The number of hydrogen-bond acceptors (Lipinski definition) is 3. The van der Waals surface area contributed by atoms with Gasteiger partial charge in [-0.15, -0.1) is 0 Å². The van der Waals surface area contributed by atoms with Gasteiger partial charge in [-0.25, -0.2) is 4.79 Å². The largest absolute Gasteiger partial charge is 0.340 e. The summed E-state index contributed by atoms with van der Waals surface area (Å²) < 4.78 is 0. The fraction of sp³-hybridized carbons (Fsp3) is 0.636. The van der Waals surface area contributed by atoms with E-state index in [1.54, 1.807) is 0 Å². The first-order valence-corrected chi connectivity index (χ1v) is 10.8. The Kier molecular flexibility index (Phi) is 5.85. The second-order valence-corrected chi connectivity index (χ2v) is 8.64. The molecule has 152 valence electrons. The lowest BCUT2D eigenvalue weighted by atomic mass is 9.95. The minimum Gasteiger partial charge on any atom is -0.340 e. The van der Waals surface area contributed by atoms with Gasteiger partial charge in [0.2, 0.25) is 5.91 Å². The smallest absolute Gasteiger partial charge is 0.317 e. The van der Waals surface area contributed by atoms with Gasteiger partial charge >= 0.3 is 6.03 Å². The van der Waals surface area contributed by atoms with Crippen LogP contribution in [0, 0.1) is 5.92 Å². The molecule has 6 nitrogen and oxygen atoms in total. The molecule has 1 aliphatic carbocycles. The minimum atomic E-state index is -0.107. The number of amides is 3. The van der Waals surface area contributed by atoms with Crippen molar-refractivity contribution in [2.75, 3.05) is 26.2 Å². The molecular formula is C22H32N4O2. The standard InChI is InChI=1S/C22H32N4O2/c23-20-15-26(14-19(20)16-7-2-1-3-8-16)21(27)17-9-6-12-25(13-17)22(28)24-18-10-4-5-11-18/h1-3,7-8,17-20H,4-6,9-15,23H2,(H,24,28)/t17?,19-,20+/m0/s1. The summed E-state index contributed by atoms with van der Waals surface area (Å²) >= 11 is 0. The van der Waals surface area contributed by atoms with Gasteiger partial charge in [-0.3, -0.25) is 4.79 Å². The molecule has 1 aromatic rings. The SMILES string of the molecule is N[C@@H]1CN(C(=O)C2CCCN(C(=O)NC3CCCC3)C2)C[C@H]1c1ccccc1. The Bertz CT molecular complexity index is 689. The lowest BCUT2D eigenvalue weighted by Gasteiger charge is -2.34. The second-order valence-electron chi connectivity index (χ2n) is 8.64. The van der Waals surface area contributed by atoms with Crippen LogP contribution in [0.4, 0.5) is 4.79 Å². The normalized spacial score (nSPS) is 28.5. The van der Waals surface area contributed by atoms with E-state index in [0.29, 0.717) is 25.7 Å². The van der Waals surface area contributed by atoms with Crippen LogP contribution < -0.4 is 11.1 Å². The molecule has 1 unspecified atom stereocenters. The maximum absolute atomic E-state index is 13.1. The first kappa shape index (κ1) is 19.2. The monoisotopic (exact) mass is 384 g/mol. The van der Waals surface area contributed by atoms with Crippen molar-refractivity contribution < 1.29 is 9.59 Å². The molecule has 3 aliphatic rings. The maximum atomic E-state index is 13.1. The number of benzene rings is 1. The van der Waals surface area contributed by atoms with Crippen molar-refractivity contribution in [1.82, 2.24) is 15.1 Å². The quantitative estimate of drug-likeness (QED) is 0.839. The molecule has 4 rings (SSSR count). The van der Waals surface area contributed by atoms with Crippen LogP contribution in [-0.2, 0) is 4.79 Å². The van der Waals surface area contributed by atoms with Crippen molar-refractivity contribution >= 4 is 11.9 Å². The molecular weight excluding hydrogens is 352 g/mol. The molecule has 6 heteroatoms. The van der Waals surface area contributed by atoms with Gasteiger partial charge in [-0.2, -0.15) is 0 Å². The minimum absolute atomic E-state index is 0.00434. The fourth-order valence-electron chi connectivity index (χ4n) is 5.02. The fourth-order valence-corrected chi connectivity index (χ4v) is 5.02. The van der Waals surface area contributed by atoms with Crippen molar-refractivity contribution in [2.45, 2.75) is 56.5 Å². The first-order chi connectivity index (χ1) is 13.6. The van der Waals surface area contributed by atoms with Gasteiger partial charge in [0, 0.05) is 44.2 Å². The van der Waals surface area contributed by atoms with Gasteiger partial charge in [0.15, 0.2) is 0 Å². The lowest BCUT2D eigenvalue weighted by molar-refractivity contribution is -0.135. The third-order valence-corrected chi connectivity index (χ3v) is 6.65. The average Bonchev–Trinajstić information content (AvgIpc) is 3.38. The van der Waals surface area contributed by atoms with E-state index < -0.39 is 0 Å². The predicted molar refractivity (Wildman–Crippen MR) is 109 cm³/mol. The molecule has 3 atom stereocenters. The topological polar surface area (TPSA) is 78.7 Å². The molecule has 1 aromatic carbocycles. The number of carbonyl (C=O) groups is 2. The van der Waals surface area contributed by atoms with Crippen molar-refractivity contribution in [3.8, 4) is 0 Å². The summed E-state index contributed by atoms with van der Waals surface area (Å²) in [6.07, 6.45) is 6.29. The summed E-state index contributed by atoms with van der Waals surface area (Å²) in [5, 5.41) is 3.16. The highest BCUT2D eigenvalue weighted by molar-refractivity contribution is 5.81. The summed E-state index contributed by atoms with van der Waals surface area (Å²) in [6, 6.07) is 10.5. The van der Waals surface area contributed by atoms with Crippen molar-refractivity contribution in [3.05, 3.63) is 35.9 Å². The van der Waals surface area contributed by atoms with E-state index in [-0.39, 0.29) is 29.8 Å². The highest BCUT2D eigenvalue weighted by atomic mass is 16.2. The van der Waals surface area contributed by atoms with E-state index in [9.17, 15) is 9.59 Å². The zero-order valence-electron chi connectivity index (χ0n) is 16.6. The van der Waals surface area contributed by atoms with E-state index in [1.807, 2.05) is 28.0 Å². The van der Waals surface area contributed by atoms with Crippen molar-refractivity contribution in [3.63, 3.8) is 0 Å². The number of nitrogens with two attached hydrogens (primary N) is 1. The number of rotatable bonds is 3. The molecule has 3 N–H and O–H groups in total. The summed E-state index contributed by atoms with van der Waals surface area (Å²) in [7, 11) is 0. The van der Waals surface area contributed by atoms with Crippen molar-refractivity contribution in [1.29, 1.82) is 0 Å². The van der Waals surface area contributed by atoms with Crippen LogP contribution in [-0.4, -0.2) is 60.0 Å². The molecule has 28 heavy (non-hydrogen) atoms. The Morgan fingerprint density at radius 1 is 0.929 bits per heavy atom. The van der Waals surface area contributed by atoms with E-state index in [2.05, 4.69) is 17.4 Å². The molecule has 0 aromatic heterocycles. The van der Waals surface area contributed by atoms with Gasteiger partial charge in [0.25, 0.3) is 0 Å². The molecule has 2 heterocycles. The first-order valence-electron chi connectivity index (χ1n) is 10.8. The van der Waals surface area contributed by atoms with E-state index >= 15 is 0 Å². The van der Waals surface area contributed by atoms with Crippen LogP contribution in [0.25, 0.3) is 0 Å². The van der Waals surface area contributed by atoms with Crippen molar-refractivity contribution in [2.24, 2.45) is 11.7 Å². The summed E-state index contributed by atoms with van der Waals surface area (Å²) in [4.78, 5) is 29.5. The Hall–Kier alpha value is -2.08. The van der Waals surface area contributed by atoms with E-state index in [0.717, 1.165) is 32.2 Å². The molecule has 3 fully saturated rings. The zero-order chi connectivity index (χ0) is 19.5. The van der Waals surface area contributed by atoms with Crippen LogP contribution in [0.1, 0.15) is 50.0 Å². The summed E-state index contributed by atoms with van der Waals surface area (Å²) in [5.41, 5.74) is 7.57. The molecule has 2 aliphatic heterocycles. The van der Waals surface area contributed by atoms with Gasteiger partial charge < -0.3 is 20.9 Å². The van der Waals surface area contributed by atoms with E-state index in [4.69, 9.17) is 5.73 Å². The summed E-state index contributed by atoms with van der Waals surface area (Å²) in [6.45, 7) is 2.55. The van der Waals surface area contributed by atoms with Crippen LogP contribution >= 0.6 is 0 Å². The number of urea groups is 1. The average molecular weight is 385 g/mol. The Labute approximate surface area is 167 Å². The predicted octanol–water partition coefficient (Wildman–Crippen LogP) is 2.30. The van der Waals surface area contributed by atoms with Gasteiger partial charge in [-0.05, 0) is 31.2 Å². The Balaban J connectivity index is 1.34. The molecule has 0 bridgehead atoms. The zero-order valence-corrected chi connectivity index (χ0v) is 16.6. The van der Waals surface area contributed by atoms with E-state index in [1.165, 1.54) is 18.4 Å². The van der Waals surface area contributed by atoms with Gasteiger partial charge in [0.05, 0.1) is 5.92 Å². The third-order valence-electron chi connectivity index (χ3n) is 6.65. The number of piperidine rings is 1. The third kappa shape index (κ3) is 4.17. The maximum Gasteiger partial charge on any atom is 0.317 e. The number of nitrogens with zero attached hydrogens (tertiary/aromatic N) is 2. The Morgan fingerprint density at radius 3 is 2.43 bits per heavy atom.